The number of amides is 3. The predicted molar refractivity (Wildman–Crippen MR) is 154 cm³/mol. The van der Waals surface area contributed by atoms with Crippen molar-refractivity contribution in [2.75, 3.05) is 13.2 Å². The number of ether oxygens (including phenoxy) is 2. The Morgan fingerprint density at radius 1 is 1.19 bits per heavy atom. The Kier molecular flexibility index (Phi) is 10.9. The van der Waals surface area contributed by atoms with E-state index in [0.29, 0.717) is 25.1 Å². The lowest BCUT2D eigenvalue weighted by atomic mass is 10.0. The summed E-state index contributed by atoms with van der Waals surface area (Å²) in [4.78, 5) is 56.2. The van der Waals surface area contributed by atoms with E-state index in [1.165, 1.54) is 9.70 Å². The van der Waals surface area contributed by atoms with Gasteiger partial charge in [-0.25, -0.2) is 9.59 Å². The Morgan fingerprint density at radius 2 is 1.93 bits per heavy atom. The Bertz CT molecular complexity index is 1160. The van der Waals surface area contributed by atoms with Crippen molar-refractivity contribution in [3.8, 4) is 0 Å². The van der Waals surface area contributed by atoms with Gasteiger partial charge >= 0.3 is 12.1 Å². The summed E-state index contributed by atoms with van der Waals surface area (Å²) in [6, 6.07) is -1.86. The average molecular weight is 588 g/mol. The molecule has 1 aliphatic heterocycles. The maximum absolute atomic E-state index is 14.1. The number of nitrogens with zero attached hydrogens (tertiary/aromatic N) is 5. The number of hydrogen-bond acceptors (Lipinski definition) is 9. The van der Waals surface area contributed by atoms with Crippen LogP contribution in [0.5, 0.6) is 0 Å². The van der Waals surface area contributed by atoms with Gasteiger partial charge in [-0.05, 0) is 65.0 Å². The largest absolute Gasteiger partial charge is 0.464 e. The SMILES string of the molecule is C=CCCCCC[C@H](NC(=O)OC(C)(C)C)C(=O)N1C[C@H](c2nnn(C)n2)C[C@H]1C(=O)NC1(C(=O)OCC)CC1C=C. The molecule has 0 bridgehead atoms. The minimum absolute atomic E-state index is 0.142. The van der Waals surface area contributed by atoms with Crippen LogP contribution in [0.15, 0.2) is 25.3 Å². The van der Waals surface area contributed by atoms with Crippen molar-refractivity contribution < 1.29 is 28.7 Å². The van der Waals surface area contributed by atoms with Crippen molar-refractivity contribution in [3.05, 3.63) is 31.1 Å². The molecule has 2 heterocycles. The molecule has 3 amide bonds. The van der Waals surface area contributed by atoms with Crippen molar-refractivity contribution >= 4 is 23.9 Å². The van der Waals surface area contributed by atoms with Crippen LogP contribution in [0.4, 0.5) is 4.79 Å². The first-order valence-corrected chi connectivity index (χ1v) is 14.6. The lowest BCUT2D eigenvalue weighted by Gasteiger charge is -2.30. The van der Waals surface area contributed by atoms with Gasteiger partial charge < -0.3 is 25.0 Å². The fourth-order valence-electron chi connectivity index (χ4n) is 5.26. The molecule has 1 aromatic rings. The predicted octanol–water partition coefficient (Wildman–Crippen LogP) is 2.55. The molecule has 3 rings (SSSR count). The smallest absolute Gasteiger partial charge is 0.408 e. The molecule has 2 unspecified atom stereocenters. The second kappa shape index (κ2) is 13.9. The molecule has 2 N–H and O–H groups in total. The quantitative estimate of drug-likeness (QED) is 0.190. The minimum atomic E-state index is -1.22. The Balaban J connectivity index is 1.86. The van der Waals surface area contributed by atoms with Crippen LogP contribution in [0.3, 0.4) is 0 Å². The molecule has 0 spiro atoms. The number of carbonyl (C=O) groups is 4. The molecular weight excluding hydrogens is 542 g/mol. The maximum atomic E-state index is 14.1. The average Bonchev–Trinajstić information content (AvgIpc) is 3.20. The molecular formula is C29H45N7O6. The van der Waals surface area contributed by atoms with E-state index in [0.717, 1.165) is 19.3 Å². The molecule has 2 fully saturated rings. The molecule has 1 saturated heterocycles. The molecule has 0 radical (unpaired) electrons. The van der Waals surface area contributed by atoms with Crippen molar-refractivity contribution in [2.45, 2.75) is 102 Å². The molecule has 0 aromatic carbocycles. The lowest BCUT2D eigenvalue weighted by Crippen LogP contribution is -2.56. The molecule has 1 aromatic heterocycles. The number of tetrazole rings is 1. The van der Waals surface area contributed by atoms with E-state index in [1.54, 1.807) is 40.8 Å². The zero-order chi connectivity index (χ0) is 31.1. The highest BCUT2D eigenvalue weighted by molar-refractivity contribution is 5.96. The second-order valence-corrected chi connectivity index (χ2v) is 11.9. The zero-order valence-corrected chi connectivity index (χ0v) is 25.4. The fraction of sp³-hybridized carbons (Fsp3) is 0.690. The van der Waals surface area contributed by atoms with Crippen molar-refractivity contribution in [3.63, 3.8) is 0 Å². The van der Waals surface area contributed by atoms with Gasteiger partial charge in [0.1, 0.15) is 23.2 Å². The van der Waals surface area contributed by atoms with Gasteiger partial charge in [-0.2, -0.15) is 4.80 Å². The summed E-state index contributed by atoms with van der Waals surface area (Å²) in [5.41, 5.74) is -1.97. The van der Waals surface area contributed by atoms with E-state index >= 15 is 0 Å². The highest BCUT2D eigenvalue weighted by Gasteiger charge is 2.62. The summed E-state index contributed by atoms with van der Waals surface area (Å²) in [5, 5.41) is 17.9. The van der Waals surface area contributed by atoms with Gasteiger partial charge in [0.2, 0.25) is 11.8 Å². The van der Waals surface area contributed by atoms with Crippen LogP contribution in [-0.4, -0.2) is 85.4 Å². The zero-order valence-electron chi connectivity index (χ0n) is 25.4. The van der Waals surface area contributed by atoms with Crippen LogP contribution in [0.1, 0.15) is 84.4 Å². The molecule has 1 aliphatic carbocycles. The number of hydrogen-bond donors (Lipinski definition) is 2. The molecule has 232 valence electrons. The highest BCUT2D eigenvalue weighted by atomic mass is 16.6. The summed E-state index contributed by atoms with van der Waals surface area (Å²) >= 11 is 0. The standard InChI is InChI=1S/C29H45N7O6/c1-8-11-12-13-14-15-21(30-27(40)42-28(4,5)6)25(38)36-18-19(23-32-34-35(7)33-23)16-22(36)24(37)31-29(17-20(29)9-2)26(39)41-10-3/h8-9,19-22H,1-2,10-18H2,3-7H3,(H,30,40)(H,31,37)/t19-,20?,21+,22+,29?/m1/s1. The number of aryl methyl sites for hydroxylation is 1. The number of alkyl carbamates (subject to hydrolysis) is 1. The fourth-order valence-corrected chi connectivity index (χ4v) is 5.26. The lowest BCUT2D eigenvalue weighted by molar-refractivity contribution is -0.150. The normalized spacial score (nSPS) is 23.9. The second-order valence-electron chi connectivity index (χ2n) is 11.9. The van der Waals surface area contributed by atoms with Crippen LogP contribution in [0.2, 0.25) is 0 Å². The number of nitrogens with one attached hydrogen (secondary N) is 2. The van der Waals surface area contributed by atoms with Gasteiger partial charge in [0.05, 0.1) is 13.7 Å². The first-order valence-electron chi connectivity index (χ1n) is 14.6. The van der Waals surface area contributed by atoms with Crippen LogP contribution >= 0.6 is 0 Å². The summed E-state index contributed by atoms with van der Waals surface area (Å²) in [6.07, 6.45) is 6.97. The van der Waals surface area contributed by atoms with E-state index in [2.05, 4.69) is 39.2 Å². The molecule has 42 heavy (non-hydrogen) atoms. The molecule has 13 heteroatoms. The van der Waals surface area contributed by atoms with E-state index in [1.807, 2.05) is 6.08 Å². The summed E-state index contributed by atoms with van der Waals surface area (Å²) in [7, 11) is 1.64. The molecule has 2 aliphatic rings. The monoisotopic (exact) mass is 587 g/mol. The number of carbonyl (C=O) groups excluding carboxylic acids is 4. The number of allylic oxidation sites excluding steroid dienone is 1. The third-order valence-electron chi connectivity index (χ3n) is 7.45. The number of esters is 1. The van der Waals surface area contributed by atoms with Crippen LogP contribution < -0.4 is 10.6 Å². The van der Waals surface area contributed by atoms with Gasteiger partial charge in [0, 0.05) is 18.4 Å². The van der Waals surface area contributed by atoms with E-state index in [9.17, 15) is 19.2 Å². The molecule has 13 nitrogen and oxygen atoms in total. The van der Waals surface area contributed by atoms with Crippen LogP contribution in [0.25, 0.3) is 0 Å². The van der Waals surface area contributed by atoms with E-state index in [4.69, 9.17) is 9.47 Å². The topological polar surface area (TPSA) is 158 Å². The maximum Gasteiger partial charge on any atom is 0.408 e. The first kappa shape index (κ1) is 32.7. The van der Waals surface area contributed by atoms with Gasteiger partial charge in [-0.3, -0.25) is 9.59 Å². The number of unbranched alkanes of at least 4 members (excludes halogenated alkanes) is 3. The van der Waals surface area contributed by atoms with Gasteiger partial charge in [-0.1, -0.05) is 25.0 Å². The van der Waals surface area contributed by atoms with Crippen molar-refractivity contribution in [2.24, 2.45) is 13.0 Å². The summed E-state index contributed by atoms with van der Waals surface area (Å²) < 4.78 is 10.7. The third-order valence-corrected chi connectivity index (χ3v) is 7.45. The summed E-state index contributed by atoms with van der Waals surface area (Å²) in [6.45, 7) is 14.8. The molecule has 1 saturated carbocycles. The number of likely N-dealkylation sites (tertiary alicyclic amines) is 1. The van der Waals surface area contributed by atoms with Gasteiger partial charge in [0.25, 0.3) is 0 Å². The number of aromatic nitrogens is 4. The van der Waals surface area contributed by atoms with Gasteiger partial charge in [0.15, 0.2) is 5.82 Å². The minimum Gasteiger partial charge on any atom is -0.464 e. The van der Waals surface area contributed by atoms with Crippen molar-refractivity contribution in [1.82, 2.24) is 35.7 Å². The molecule has 5 atom stereocenters. The third kappa shape index (κ3) is 8.16. The first-order chi connectivity index (χ1) is 19.8. The van der Waals surface area contributed by atoms with Crippen LogP contribution in [0, 0.1) is 5.92 Å². The highest BCUT2D eigenvalue weighted by Crippen LogP contribution is 2.46. The van der Waals surface area contributed by atoms with Gasteiger partial charge in [-0.15, -0.1) is 23.4 Å². The Morgan fingerprint density at radius 3 is 2.50 bits per heavy atom. The number of rotatable bonds is 14. The van der Waals surface area contributed by atoms with E-state index < -0.39 is 47.1 Å². The van der Waals surface area contributed by atoms with Crippen LogP contribution in [-0.2, 0) is 30.9 Å². The summed E-state index contributed by atoms with van der Waals surface area (Å²) in [5.74, 6) is -1.69. The van der Waals surface area contributed by atoms with Crippen molar-refractivity contribution in [1.29, 1.82) is 0 Å². The Hall–Kier alpha value is -3.77. The Labute approximate surface area is 247 Å². The van der Waals surface area contributed by atoms with E-state index in [-0.39, 0.29) is 31.4 Å².